The van der Waals surface area contributed by atoms with Crippen LogP contribution in [0, 0.1) is 17.5 Å². The van der Waals surface area contributed by atoms with Crippen molar-refractivity contribution in [1.82, 2.24) is 15.2 Å². The van der Waals surface area contributed by atoms with Crippen molar-refractivity contribution in [2.75, 3.05) is 33.9 Å². The Kier molecular flexibility index (Phi) is 7.49. The minimum absolute atomic E-state index is 0.00277. The van der Waals surface area contributed by atoms with Crippen LogP contribution < -0.4 is 5.32 Å². The second-order valence-electron chi connectivity index (χ2n) is 7.00. The van der Waals surface area contributed by atoms with Gasteiger partial charge in [0.2, 0.25) is 0 Å². The summed E-state index contributed by atoms with van der Waals surface area (Å²) in [6.07, 6.45) is 0.833. The molecule has 2 aromatic rings. The van der Waals surface area contributed by atoms with Crippen molar-refractivity contribution in [2.24, 2.45) is 4.99 Å². The number of ether oxygens (including phenoxy) is 1. The maximum Gasteiger partial charge on any atom is 0.338 e. The highest BCUT2D eigenvalue weighted by atomic mass is 35.5. The zero-order chi connectivity index (χ0) is 23.4. The van der Waals surface area contributed by atoms with Crippen molar-refractivity contribution in [3.8, 4) is 0 Å². The van der Waals surface area contributed by atoms with Crippen molar-refractivity contribution in [1.29, 1.82) is 0 Å². The number of methoxy groups -OCH3 is 1. The lowest BCUT2D eigenvalue weighted by Gasteiger charge is -2.29. The first-order valence-corrected chi connectivity index (χ1v) is 9.84. The monoisotopic (exact) mass is 468 g/mol. The molecule has 2 N–H and O–H groups in total. The Hall–Kier alpha value is -2.95. The molecule has 170 valence electrons. The number of aliphatic hydroxyl groups is 1. The molecular formula is C21H20ClF3N4O3. The molecule has 0 saturated heterocycles. The van der Waals surface area contributed by atoms with Crippen LogP contribution in [-0.4, -0.2) is 60.6 Å². The van der Waals surface area contributed by atoms with Gasteiger partial charge in [0.05, 0.1) is 25.5 Å². The number of hydrogen-bond acceptors (Lipinski definition) is 7. The first-order valence-electron chi connectivity index (χ1n) is 9.47. The molecule has 1 aromatic carbocycles. The van der Waals surface area contributed by atoms with Crippen LogP contribution in [0.2, 0.25) is 5.02 Å². The van der Waals surface area contributed by atoms with Crippen LogP contribution in [0.1, 0.15) is 17.3 Å². The Morgan fingerprint density at radius 2 is 2.03 bits per heavy atom. The Morgan fingerprint density at radius 3 is 2.66 bits per heavy atom. The van der Waals surface area contributed by atoms with Crippen molar-refractivity contribution < 1.29 is 27.8 Å². The molecule has 1 aliphatic rings. The highest BCUT2D eigenvalue weighted by molar-refractivity contribution is 6.31. The maximum atomic E-state index is 14.5. The first kappa shape index (κ1) is 23.7. The van der Waals surface area contributed by atoms with Gasteiger partial charge in [-0.25, -0.2) is 22.9 Å². The van der Waals surface area contributed by atoms with Gasteiger partial charge in [0, 0.05) is 35.4 Å². The van der Waals surface area contributed by atoms with E-state index < -0.39 is 29.5 Å². The zero-order valence-corrected chi connectivity index (χ0v) is 18.0. The second-order valence-corrected chi connectivity index (χ2v) is 7.41. The van der Waals surface area contributed by atoms with E-state index in [4.69, 9.17) is 16.3 Å². The molecule has 0 amide bonds. The lowest BCUT2D eigenvalue weighted by Crippen LogP contribution is -2.39. The molecule has 2 heterocycles. The summed E-state index contributed by atoms with van der Waals surface area (Å²) < 4.78 is 46.4. The summed E-state index contributed by atoms with van der Waals surface area (Å²) in [7, 11) is 2.88. The summed E-state index contributed by atoms with van der Waals surface area (Å²) >= 11 is 6.24. The SMILES string of the molecule is COC(=O)C1=C(CN(C)CCO)NC(c2ncc(F)cc2F)=N[C@H]1c1ccc(F)cc1Cl. The van der Waals surface area contributed by atoms with E-state index in [1.54, 1.807) is 11.9 Å². The number of aromatic nitrogens is 1. The van der Waals surface area contributed by atoms with E-state index in [1.165, 1.54) is 13.2 Å². The molecule has 0 bridgehead atoms. The first-order chi connectivity index (χ1) is 15.2. The quantitative estimate of drug-likeness (QED) is 0.607. The van der Waals surface area contributed by atoms with Gasteiger partial charge < -0.3 is 15.2 Å². The van der Waals surface area contributed by atoms with E-state index in [2.05, 4.69) is 15.3 Å². The second kappa shape index (κ2) is 10.1. The van der Waals surface area contributed by atoms with Gasteiger partial charge in [0.25, 0.3) is 0 Å². The number of nitrogens with zero attached hydrogens (tertiary/aromatic N) is 3. The van der Waals surface area contributed by atoms with Gasteiger partial charge in [-0.15, -0.1) is 0 Å². The van der Waals surface area contributed by atoms with Gasteiger partial charge in [0.15, 0.2) is 11.7 Å². The number of amidine groups is 1. The van der Waals surface area contributed by atoms with Crippen molar-refractivity contribution in [3.63, 3.8) is 0 Å². The largest absolute Gasteiger partial charge is 0.466 e. The van der Waals surface area contributed by atoms with Gasteiger partial charge in [-0.2, -0.15) is 0 Å². The van der Waals surface area contributed by atoms with E-state index in [0.29, 0.717) is 6.07 Å². The van der Waals surface area contributed by atoms with E-state index in [1.807, 2.05) is 0 Å². The standard InChI is InChI=1S/C21H20ClF3N4O3/c1-29(5-6-30)10-16-17(21(31)32-2)18(13-4-3-11(23)7-14(13)22)28-20(27-16)19-15(25)8-12(24)9-26-19/h3-4,7-9,18,30H,5-6,10H2,1-2H3,(H,27,28)/t18-/m0/s1. The number of hydrogen-bond donors (Lipinski definition) is 2. The number of carbonyl (C=O) groups excluding carboxylic acids is 1. The van der Waals surface area contributed by atoms with Crippen LogP contribution in [0.3, 0.4) is 0 Å². The van der Waals surface area contributed by atoms with Crippen molar-refractivity contribution in [3.05, 3.63) is 75.5 Å². The van der Waals surface area contributed by atoms with E-state index in [9.17, 15) is 23.1 Å². The van der Waals surface area contributed by atoms with Crippen molar-refractivity contribution >= 4 is 23.4 Å². The molecule has 3 rings (SSSR count). The number of halogens is 4. The zero-order valence-electron chi connectivity index (χ0n) is 17.2. The minimum atomic E-state index is -1.09. The molecule has 32 heavy (non-hydrogen) atoms. The topological polar surface area (TPSA) is 87.0 Å². The Labute approximate surface area is 187 Å². The molecule has 0 aliphatic carbocycles. The fourth-order valence-electron chi connectivity index (χ4n) is 3.25. The Balaban J connectivity index is 2.20. The number of aliphatic hydroxyl groups excluding tert-OH is 1. The van der Waals surface area contributed by atoms with Gasteiger partial charge in [0.1, 0.15) is 23.4 Å². The average molecular weight is 469 g/mol. The lowest BCUT2D eigenvalue weighted by atomic mass is 9.95. The number of rotatable bonds is 7. The molecule has 0 fully saturated rings. The third-order valence-corrected chi connectivity index (χ3v) is 5.06. The lowest BCUT2D eigenvalue weighted by molar-refractivity contribution is -0.136. The van der Waals surface area contributed by atoms with Gasteiger partial charge >= 0.3 is 5.97 Å². The number of nitrogens with one attached hydrogen (secondary N) is 1. The number of likely N-dealkylation sites (N-methyl/N-ethyl adjacent to an activating group) is 1. The number of carbonyl (C=O) groups is 1. The summed E-state index contributed by atoms with van der Waals surface area (Å²) in [6, 6.07) is 3.15. The van der Waals surface area contributed by atoms with Crippen LogP contribution in [0.5, 0.6) is 0 Å². The molecule has 0 spiro atoms. The summed E-state index contributed by atoms with van der Waals surface area (Å²) in [5.74, 6) is -3.23. The normalized spacial score (nSPS) is 16.1. The molecule has 0 unspecified atom stereocenters. The molecule has 7 nitrogen and oxygen atoms in total. The van der Waals surface area contributed by atoms with Crippen LogP contribution in [0.15, 0.2) is 46.7 Å². The van der Waals surface area contributed by atoms with Gasteiger partial charge in [-0.1, -0.05) is 17.7 Å². The number of esters is 1. The Bertz CT molecular complexity index is 1090. The van der Waals surface area contributed by atoms with E-state index in [0.717, 1.165) is 18.3 Å². The third kappa shape index (κ3) is 5.09. The molecule has 11 heteroatoms. The van der Waals surface area contributed by atoms with Crippen LogP contribution >= 0.6 is 11.6 Å². The van der Waals surface area contributed by atoms with E-state index in [-0.39, 0.29) is 53.1 Å². The smallest absolute Gasteiger partial charge is 0.338 e. The highest BCUT2D eigenvalue weighted by Crippen LogP contribution is 2.36. The summed E-state index contributed by atoms with van der Waals surface area (Å²) in [4.78, 5) is 22.6. The number of aliphatic imine (C=N–C) groups is 1. The number of pyridine rings is 1. The summed E-state index contributed by atoms with van der Waals surface area (Å²) in [5.41, 5.74) is 0.351. The predicted molar refractivity (Wildman–Crippen MR) is 112 cm³/mol. The maximum absolute atomic E-state index is 14.5. The van der Waals surface area contributed by atoms with Gasteiger partial charge in [-0.05, 0) is 19.2 Å². The molecule has 0 saturated carbocycles. The summed E-state index contributed by atoms with van der Waals surface area (Å²) in [6.45, 7) is 0.249. The Morgan fingerprint density at radius 1 is 1.28 bits per heavy atom. The van der Waals surface area contributed by atoms with E-state index >= 15 is 0 Å². The molecule has 1 atom stereocenters. The fraction of sp³-hybridized carbons (Fsp3) is 0.286. The minimum Gasteiger partial charge on any atom is -0.466 e. The molecule has 0 radical (unpaired) electrons. The molecular weight excluding hydrogens is 449 g/mol. The average Bonchev–Trinajstić information content (AvgIpc) is 2.73. The molecule has 1 aliphatic heterocycles. The fourth-order valence-corrected chi connectivity index (χ4v) is 3.52. The van der Waals surface area contributed by atoms with Crippen molar-refractivity contribution in [2.45, 2.75) is 6.04 Å². The summed E-state index contributed by atoms with van der Waals surface area (Å²) in [5, 5.41) is 12.1. The van der Waals surface area contributed by atoms with Crippen LogP contribution in [0.4, 0.5) is 13.2 Å². The van der Waals surface area contributed by atoms with Gasteiger partial charge in [-0.3, -0.25) is 9.89 Å². The number of benzene rings is 1. The predicted octanol–water partition coefficient (Wildman–Crippen LogP) is 2.59. The van der Waals surface area contributed by atoms with Crippen LogP contribution in [0.25, 0.3) is 0 Å². The highest BCUT2D eigenvalue weighted by Gasteiger charge is 2.34. The molecule has 1 aromatic heterocycles. The third-order valence-electron chi connectivity index (χ3n) is 4.73. The van der Waals surface area contributed by atoms with Crippen LogP contribution in [-0.2, 0) is 9.53 Å².